The van der Waals surface area contributed by atoms with Crippen molar-refractivity contribution in [2.24, 2.45) is 0 Å². The van der Waals surface area contributed by atoms with Gasteiger partial charge in [0.25, 0.3) is 0 Å². The van der Waals surface area contributed by atoms with Crippen molar-refractivity contribution in [1.29, 1.82) is 0 Å². The summed E-state index contributed by atoms with van der Waals surface area (Å²) in [5.41, 5.74) is 7.60. The summed E-state index contributed by atoms with van der Waals surface area (Å²) in [5.74, 6) is 0.487. The Labute approximate surface area is 169 Å². The molecule has 0 bridgehead atoms. The van der Waals surface area contributed by atoms with E-state index in [-0.39, 0.29) is 13.3 Å². The molecule has 0 aliphatic carbocycles. The van der Waals surface area contributed by atoms with Gasteiger partial charge in [-0.3, -0.25) is 9.78 Å². The van der Waals surface area contributed by atoms with E-state index in [2.05, 4.69) is 64.9 Å². The second-order valence-electron chi connectivity index (χ2n) is 7.20. The Morgan fingerprint density at radius 3 is 2.75 bits per heavy atom. The first-order valence-electron chi connectivity index (χ1n) is 9.05. The van der Waals surface area contributed by atoms with Crippen LogP contribution in [0.15, 0.2) is 41.4 Å². The SMILES string of the molecule is C.CN(C)CCc1c2c(c3nccc4c3c1Nc1ccccc1-4)NC(=O)CS2. The van der Waals surface area contributed by atoms with E-state index in [1.54, 1.807) is 11.8 Å². The van der Waals surface area contributed by atoms with E-state index >= 15 is 0 Å². The first-order chi connectivity index (χ1) is 13.1. The van der Waals surface area contributed by atoms with Crippen LogP contribution < -0.4 is 10.6 Å². The zero-order valence-corrected chi connectivity index (χ0v) is 16.1. The van der Waals surface area contributed by atoms with Crippen molar-refractivity contribution in [1.82, 2.24) is 9.88 Å². The number of thioether (sulfide) groups is 1. The number of carbonyl (C=O) groups is 1. The molecule has 0 unspecified atom stereocenters. The molecule has 2 aliphatic heterocycles. The molecular formula is C22H24N4OS. The van der Waals surface area contributed by atoms with Gasteiger partial charge in [0.1, 0.15) is 0 Å². The molecule has 0 fully saturated rings. The fourth-order valence-corrected chi connectivity index (χ4v) is 4.93. The number of para-hydroxylation sites is 1. The van der Waals surface area contributed by atoms with E-state index in [1.807, 2.05) is 6.20 Å². The Morgan fingerprint density at radius 2 is 1.93 bits per heavy atom. The van der Waals surface area contributed by atoms with E-state index < -0.39 is 0 Å². The number of hydrogen-bond donors (Lipinski definition) is 2. The van der Waals surface area contributed by atoms with Crippen LogP contribution in [0.1, 0.15) is 13.0 Å². The number of hydrogen-bond acceptors (Lipinski definition) is 5. The zero-order valence-electron chi connectivity index (χ0n) is 15.3. The lowest BCUT2D eigenvalue weighted by Crippen LogP contribution is -2.22. The number of nitrogens with one attached hydrogen (secondary N) is 2. The number of amides is 1. The summed E-state index contributed by atoms with van der Waals surface area (Å²) in [6.45, 7) is 0.943. The van der Waals surface area contributed by atoms with Gasteiger partial charge in [-0.25, -0.2) is 0 Å². The predicted octanol–water partition coefficient (Wildman–Crippen LogP) is 4.74. The zero-order chi connectivity index (χ0) is 18.5. The van der Waals surface area contributed by atoms with Gasteiger partial charge in [-0.2, -0.15) is 0 Å². The molecule has 2 N–H and O–H groups in total. The van der Waals surface area contributed by atoms with Crippen LogP contribution in [0, 0.1) is 0 Å². The summed E-state index contributed by atoms with van der Waals surface area (Å²) < 4.78 is 0. The van der Waals surface area contributed by atoms with Gasteiger partial charge in [0.15, 0.2) is 0 Å². The molecule has 3 heterocycles. The van der Waals surface area contributed by atoms with Gasteiger partial charge in [-0.05, 0) is 43.8 Å². The van der Waals surface area contributed by atoms with Gasteiger partial charge in [0.2, 0.25) is 5.91 Å². The number of anilines is 3. The number of fused-ring (bicyclic) bond motifs is 4. The summed E-state index contributed by atoms with van der Waals surface area (Å²) in [6.07, 6.45) is 2.75. The Balaban J connectivity index is 0.00000192. The minimum atomic E-state index is 0. The quantitative estimate of drug-likeness (QED) is 0.527. The number of pyridine rings is 1. The molecule has 144 valence electrons. The highest BCUT2D eigenvalue weighted by molar-refractivity contribution is 8.00. The average molecular weight is 393 g/mol. The van der Waals surface area contributed by atoms with Gasteiger partial charge in [0.05, 0.1) is 22.6 Å². The van der Waals surface area contributed by atoms with Crippen LogP contribution >= 0.6 is 11.8 Å². The smallest absolute Gasteiger partial charge is 0.234 e. The third kappa shape index (κ3) is 2.84. The van der Waals surface area contributed by atoms with Gasteiger partial charge in [0, 0.05) is 34.3 Å². The average Bonchev–Trinajstić information content (AvgIpc) is 2.68. The summed E-state index contributed by atoms with van der Waals surface area (Å²) in [4.78, 5) is 20.1. The van der Waals surface area contributed by atoms with Crippen LogP contribution in [0.5, 0.6) is 0 Å². The molecule has 0 saturated heterocycles. The van der Waals surface area contributed by atoms with Crippen molar-refractivity contribution < 1.29 is 4.79 Å². The van der Waals surface area contributed by atoms with Gasteiger partial charge in [-0.15, -0.1) is 11.8 Å². The number of benzene rings is 2. The molecule has 0 atom stereocenters. The molecule has 2 aliphatic rings. The summed E-state index contributed by atoms with van der Waals surface area (Å²) in [6, 6.07) is 10.4. The Morgan fingerprint density at radius 1 is 1.11 bits per heavy atom. The number of carbonyl (C=O) groups excluding carboxylic acids is 1. The van der Waals surface area contributed by atoms with Crippen LogP contribution in [0.3, 0.4) is 0 Å². The van der Waals surface area contributed by atoms with Crippen molar-refractivity contribution in [2.45, 2.75) is 18.7 Å². The molecule has 2 aromatic carbocycles. The Kier molecular flexibility index (Phi) is 4.77. The highest BCUT2D eigenvalue weighted by atomic mass is 32.2. The van der Waals surface area contributed by atoms with Crippen LogP contribution in [-0.4, -0.2) is 42.2 Å². The first-order valence-corrected chi connectivity index (χ1v) is 10.0. The number of aromatic nitrogens is 1. The predicted molar refractivity (Wildman–Crippen MR) is 119 cm³/mol. The standard InChI is InChI=1S/C21H20N4OS.CH4/c1-25(2)10-8-14-18-17-13(12-5-3-4-6-15(12)23-18)7-9-22-19(17)20-21(14)27-11-16(26)24-20;/h3-7,9,23H,8,10-11H2,1-2H3,(H,24,26);1H4. The van der Waals surface area contributed by atoms with E-state index in [0.717, 1.165) is 45.8 Å². The minimum absolute atomic E-state index is 0. The summed E-state index contributed by atoms with van der Waals surface area (Å²) >= 11 is 1.62. The fraction of sp³-hybridized carbons (Fsp3) is 0.273. The second kappa shape index (κ2) is 7.11. The molecule has 5 rings (SSSR count). The van der Waals surface area contributed by atoms with Crippen molar-refractivity contribution in [3.05, 3.63) is 42.1 Å². The number of nitrogens with zero attached hydrogens (tertiary/aromatic N) is 2. The minimum Gasteiger partial charge on any atom is -0.354 e. The lowest BCUT2D eigenvalue weighted by Gasteiger charge is -2.30. The van der Waals surface area contributed by atoms with Crippen LogP contribution in [0.2, 0.25) is 0 Å². The first kappa shape index (κ1) is 18.8. The third-order valence-electron chi connectivity index (χ3n) is 5.14. The van der Waals surface area contributed by atoms with Crippen LogP contribution in [0.25, 0.3) is 22.0 Å². The van der Waals surface area contributed by atoms with Crippen molar-refractivity contribution >= 4 is 45.6 Å². The van der Waals surface area contributed by atoms with E-state index in [4.69, 9.17) is 0 Å². The molecule has 0 radical (unpaired) electrons. The molecular weight excluding hydrogens is 368 g/mol. The lowest BCUT2D eigenvalue weighted by molar-refractivity contribution is -0.113. The lowest BCUT2D eigenvalue weighted by atomic mass is 9.91. The van der Waals surface area contributed by atoms with Gasteiger partial charge < -0.3 is 15.5 Å². The monoisotopic (exact) mass is 392 g/mol. The largest absolute Gasteiger partial charge is 0.354 e. The fourth-order valence-electron chi connectivity index (χ4n) is 3.91. The molecule has 28 heavy (non-hydrogen) atoms. The topological polar surface area (TPSA) is 57.3 Å². The van der Waals surface area contributed by atoms with Crippen LogP contribution in [-0.2, 0) is 11.2 Å². The maximum Gasteiger partial charge on any atom is 0.234 e. The third-order valence-corrected chi connectivity index (χ3v) is 6.28. The molecule has 0 spiro atoms. The van der Waals surface area contributed by atoms with Gasteiger partial charge >= 0.3 is 0 Å². The van der Waals surface area contributed by atoms with Gasteiger partial charge in [-0.1, -0.05) is 25.6 Å². The molecule has 0 saturated carbocycles. The summed E-state index contributed by atoms with van der Waals surface area (Å²) in [7, 11) is 4.17. The van der Waals surface area contributed by atoms with E-state index in [1.165, 1.54) is 16.7 Å². The van der Waals surface area contributed by atoms with Crippen LogP contribution in [0.4, 0.5) is 17.1 Å². The number of likely N-dealkylation sites (N-methyl/N-ethyl adjacent to an activating group) is 1. The Bertz CT molecular complexity index is 1090. The molecule has 1 aromatic heterocycles. The highest BCUT2D eigenvalue weighted by Gasteiger charge is 2.29. The highest BCUT2D eigenvalue weighted by Crippen LogP contribution is 2.51. The van der Waals surface area contributed by atoms with Crippen molar-refractivity contribution in [2.75, 3.05) is 37.0 Å². The van der Waals surface area contributed by atoms with Crippen molar-refractivity contribution in [3.63, 3.8) is 0 Å². The summed E-state index contributed by atoms with van der Waals surface area (Å²) in [5, 5.41) is 7.87. The molecule has 1 amide bonds. The maximum absolute atomic E-state index is 12.1. The normalized spacial score (nSPS) is 14.0. The maximum atomic E-state index is 12.1. The molecule has 5 nitrogen and oxygen atoms in total. The Hall–Kier alpha value is -2.57. The molecule has 6 heteroatoms. The van der Waals surface area contributed by atoms with E-state index in [0.29, 0.717) is 5.75 Å². The van der Waals surface area contributed by atoms with E-state index in [9.17, 15) is 4.79 Å². The molecule has 3 aromatic rings. The second-order valence-corrected chi connectivity index (χ2v) is 8.19. The number of rotatable bonds is 3. The van der Waals surface area contributed by atoms with Crippen molar-refractivity contribution in [3.8, 4) is 11.1 Å².